The second kappa shape index (κ2) is 7.43. The third-order valence-corrected chi connectivity index (χ3v) is 6.51. The van der Waals surface area contributed by atoms with E-state index in [0.29, 0.717) is 25.9 Å². The van der Waals surface area contributed by atoms with Crippen LogP contribution in [0.2, 0.25) is 0 Å². The number of benzene rings is 1. The number of hydrogen-bond donors (Lipinski definition) is 1. The van der Waals surface area contributed by atoms with Gasteiger partial charge in [-0.3, -0.25) is 9.48 Å². The third-order valence-electron chi connectivity index (χ3n) is 4.59. The molecule has 1 fully saturated rings. The average Bonchev–Trinajstić information content (AvgIpc) is 3.08. The normalized spacial score (nSPS) is 16.3. The number of carbonyl (C=O) groups is 1. The molecule has 26 heavy (non-hydrogen) atoms. The lowest BCUT2D eigenvalue weighted by Crippen LogP contribution is -2.46. The zero-order valence-electron chi connectivity index (χ0n) is 14.6. The highest BCUT2D eigenvalue weighted by Crippen LogP contribution is 2.24. The molecule has 0 atom stereocenters. The van der Waals surface area contributed by atoms with E-state index < -0.39 is 10.0 Å². The van der Waals surface area contributed by atoms with E-state index in [2.05, 4.69) is 17.0 Å². The van der Waals surface area contributed by atoms with Crippen molar-refractivity contribution in [3.8, 4) is 11.3 Å². The summed E-state index contributed by atoms with van der Waals surface area (Å²) in [5, 5.41) is 6.95. The monoisotopic (exact) mass is 374 g/mol. The number of sulfonamides is 1. The van der Waals surface area contributed by atoms with Crippen molar-refractivity contribution < 1.29 is 13.2 Å². The molecule has 1 N–H and O–H groups in total. The van der Waals surface area contributed by atoms with E-state index >= 15 is 0 Å². The Labute approximate surface area is 153 Å². The van der Waals surface area contributed by atoms with Gasteiger partial charge in [0.05, 0.1) is 10.6 Å². The first-order valence-electron chi connectivity index (χ1n) is 8.43. The van der Waals surface area contributed by atoms with Crippen molar-refractivity contribution >= 4 is 15.9 Å². The molecule has 1 aromatic heterocycles. The molecule has 0 unspecified atom stereocenters. The van der Waals surface area contributed by atoms with Crippen LogP contribution in [0, 0.1) is 0 Å². The average molecular weight is 374 g/mol. The predicted molar refractivity (Wildman–Crippen MR) is 98.8 cm³/mol. The van der Waals surface area contributed by atoms with Gasteiger partial charge in [-0.25, -0.2) is 8.42 Å². The molecule has 1 amide bonds. The van der Waals surface area contributed by atoms with E-state index in [9.17, 15) is 13.2 Å². The van der Waals surface area contributed by atoms with Gasteiger partial charge in [0.2, 0.25) is 15.9 Å². The van der Waals surface area contributed by atoms with Crippen LogP contribution in [0.15, 0.2) is 54.1 Å². The quantitative estimate of drug-likeness (QED) is 0.805. The molecule has 0 bridgehead atoms. The summed E-state index contributed by atoms with van der Waals surface area (Å²) < 4.78 is 28.9. The molecule has 0 radical (unpaired) electrons. The van der Waals surface area contributed by atoms with Crippen molar-refractivity contribution in [3.05, 3.63) is 49.2 Å². The summed E-state index contributed by atoms with van der Waals surface area (Å²) in [4.78, 5) is 11.6. The lowest BCUT2D eigenvalue weighted by Gasteiger charge is -2.31. The number of nitrogens with zero attached hydrogens (tertiary/aromatic N) is 3. The smallest absolute Gasteiger partial charge is 0.243 e. The maximum Gasteiger partial charge on any atom is 0.243 e. The highest BCUT2D eigenvalue weighted by molar-refractivity contribution is 7.89. The Bertz CT molecular complexity index is 895. The molecule has 0 saturated carbocycles. The maximum atomic E-state index is 12.8. The summed E-state index contributed by atoms with van der Waals surface area (Å²) in [6, 6.07) is 8.71. The molecule has 3 rings (SSSR count). The van der Waals surface area contributed by atoms with E-state index in [4.69, 9.17) is 0 Å². The lowest BCUT2D eigenvalue weighted by atomic mass is 10.1. The minimum atomic E-state index is -3.54. The molecular formula is C18H22N4O3S. The van der Waals surface area contributed by atoms with Gasteiger partial charge in [-0.15, -0.1) is 0 Å². The zero-order chi connectivity index (χ0) is 18.7. The Morgan fingerprint density at radius 3 is 2.42 bits per heavy atom. The van der Waals surface area contributed by atoms with Gasteiger partial charge in [-0.1, -0.05) is 18.7 Å². The van der Waals surface area contributed by atoms with E-state index in [1.54, 1.807) is 35.1 Å². The Morgan fingerprint density at radius 1 is 1.23 bits per heavy atom. The van der Waals surface area contributed by atoms with Crippen LogP contribution in [-0.2, 0) is 21.9 Å². The molecule has 1 aliphatic rings. The molecule has 2 aromatic rings. The van der Waals surface area contributed by atoms with Gasteiger partial charge in [-0.2, -0.15) is 9.40 Å². The molecule has 2 heterocycles. The first-order valence-corrected chi connectivity index (χ1v) is 9.87. The lowest BCUT2D eigenvalue weighted by molar-refractivity contribution is -0.117. The minimum absolute atomic E-state index is 0.0147. The summed E-state index contributed by atoms with van der Waals surface area (Å²) in [6.45, 7) is 4.19. The second-order valence-corrected chi connectivity index (χ2v) is 8.19. The molecule has 8 heteroatoms. The van der Waals surface area contributed by atoms with Gasteiger partial charge < -0.3 is 5.32 Å². The Kier molecular flexibility index (Phi) is 5.24. The number of piperidine rings is 1. The number of rotatable bonds is 5. The molecule has 1 aromatic carbocycles. The van der Waals surface area contributed by atoms with Crippen LogP contribution in [0.5, 0.6) is 0 Å². The fourth-order valence-corrected chi connectivity index (χ4v) is 4.57. The number of aryl methyl sites for hydroxylation is 1. The highest BCUT2D eigenvalue weighted by Gasteiger charge is 2.29. The highest BCUT2D eigenvalue weighted by atomic mass is 32.2. The predicted octanol–water partition coefficient (Wildman–Crippen LogP) is 1.54. The van der Waals surface area contributed by atoms with Crippen LogP contribution < -0.4 is 5.32 Å². The molecule has 0 spiro atoms. The van der Waals surface area contributed by atoms with Gasteiger partial charge in [0.25, 0.3) is 0 Å². The number of nitrogens with one attached hydrogen (secondary N) is 1. The van der Waals surface area contributed by atoms with Crippen molar-refractivity contribution in [2.24, 2.45) is 7.05 Å². The largest absolute Gasteiger partial charge is 0.350 e. The number of hydrogen-bond acceptors (Lipinski definition) is 4. The zero-order valence-corrected chi connectivity index (χ0v) is 15.4. The summed E-state index contributed by atoms with van der Waals surface area (Å²) in [7, 11) is -1.69. The maximum absolute atomic E-state index is 12.8. The first kappa shape index (κ1) is 18.3. The van der Waals surface area contributed by atoms with Gasteiger partial charge in [0.1, 0.15) is 0 Å². The molecular weight excluding hydrogens is 352 g/mol. The van der Waals surface area contributed by atoms with E-state index in [0.717, 1.165) is 11.3 Å². The van der Waals surface area contributed by atoms with Gasteiger partial charge in [0, 0.05) is 32.4 Å². The minimum Gasteiger partial charge on any atom is -0.350 e. The molecule has 1 aliphatic heterocycles. The van der Waals surface area contributed by atoms with Crippen molar-refractivity contribution in [1.29, 1.82) is 0 Å². The van der Waals surface area contributed by atoms with Gasteiger partial charge in [0.15, 0.2) is 0 Å². The van der Waals surface area contributed by atoms with Crippen LogP contribution in [0.1, 0.15) is 12.8 Å². The van der Waals surface area contributed by atoms with Crippen molar-refractivity contribution in [2.75, 3.05) is 13.1 Å². The summed E-state index contributed by atoms with van der Waals surface area (Å²) in [6.07, 6.45) is 4.11. The van der Waals surface area contributed by atoms with Crippen LogP contribution >= 0.6 is 0 Å². The van der Waals surface area contributed by atoms with Crippen LogP contribution in [0.4, 0.5) is 0 Å². The van der Waals surface area contributed by atoms with Crippen LogP contribution in [0.25, 0.3) is 11.3 Å². The summed E-state index contributed by atoms with van der Waals surface area (Å²) in [5.74, 6) is -0.225. The molecule has 1 saturated heterocycles. The first-order chi connectivity index (χ1) is 12.4. The summed E-state index contributed by atoms with van der Waals surface area (Å²) >= 11 is 0. The second-order valence-electron chi connectivity index (χ2n) is 6.26. The standard InChI is InChI=1S/C18H22N4O3S/c1-3-18(23)20-15-9-12-22(13-10-15)26(24,25)16-6-4-14(5-7-16)17-8-11-19-21(17)2/h3-8,11,15H,1,9-10,12-13H2,2H3,(H,20,23). The fraction of sp³-hybridized carbons (Fsp3) is 0.333. The Hall–Kier alpha value is -2.45. The van der Waals surface area contributed by atoms with E-state index in [-0.39, 0.29) is 16.8 Å². The topological polar surface area (TPSA) is 84.3 Å². The Balaban J connectivity index is 1.70. The van der Waals surface area contributed by atoms with E-state index in [1.807, 2.05) is 13.1 Å². The van der Waals surface area contributed by atoms with Crippen LogP contribution in [0.3, 0.4) is 0 Å². The number of carbonyl (C=O) groups excluding carboxylic acids is 1. The third kappa shape index (κ3) is 3.71. The fourth-order valence-electron chi connectivity index (χ4n) is 3.10. The molecule has 7 nitrogen and oxygen atoms in total. The van der Waals surface area contributed by atoms with Crippen LogP contribution in [-0.4, -0.2) is 47.5 Å². The molecule has 138 valence electrons. The van der Waals surface area contributed by atoms with Crippen molar-refractivity contribution in [2.45, 2.75) is 23.8 Å². The SMILES string of the molecule is C=CC(=O)NC1CCN(S(=O)(=O)c2ccc(-c3ccnn3C)cc2)CC1. The van der Waals surface area contributed by atoms with E-state index in [1.165, 1.54) is 10.4 Å². The Morgan fingerprint density at radius 2 is 1.88 bits per heavy atom. The van der Waals surface area contributed by atoms with Crippen molar-refractivity contribution in [1.82, 2.24) is 19.4 Å². The van der Waals surface area contributed by atoms with Gasteiger partial charge in [-0.05, 0) is 42.7 Å². The number of aromatic nitrogens is 2. The van der Waals surface area contributed by atoms with Gasteiger partial charge >= 0.3 is 0 Å². The molecule has 0 aliphatic carbocycles. The number of amides is 1. The summed E-state index contributed by atoms with van der Waals surface area (Å²) in [5.41, 5.74) is 1.84. The van der Waals surface area contributed by atoms with Crippen molar-refractivity contribution in [3.63, 3.8) is 0 Å².